The van der Waals surface area contributed by atoms with E-state index < -0.39 is 0 Å². The molecule has 1 aromatic carbocycles. The first-order chi connectivity index (χ1) is 8.59. The third kappa shape index (κ3) is 2.97. The Morgan fingerprint density at radius 2 is 1.94 bits per heavy atom. The second-order valence-electron chi connectivity index (χ2n) is 4.53. The van der Waals surface area contributed by atoms with Crippen LogP contribution in [0.4, 0.5) is 0 Å². The Kier molecular flexibility index (Phi) is 4.49. The van der Waals surface area contributed by atoms with E-state index in [9.17, 15) is 4.79 Å². The number of hydrogen-bond donors (Lipinski definition) is 1. The summed E-state index contributed by atoms with van der Waals surface area (Å²) in [5, 5.41) is 4.18. The average molecular weight is 287 g/mol. The van der Waals surface area contributed by atoms with Crippen LogP contribution in [-0.4, -0.2) is 37.0 Å². The number of amides is 1. The second kappa shape index (κ2) is 5.91. The van der Waals surface area contributed by atoms with E-state index in [4.69, 9.17) is 23.2 Å². The van der Waals surface area contributed by atoms with E-state index in [2.05, 4.69) is 5.32 Å². The maximum Gasteiger partial charge on any atom is 0.253 e. The molecule has 1 aromatic rings. The minimum atomic E-state index is 0.000432. The molecule has 1 aliphatic heterocycles. The van der Waals surface area contributed by atoms with Crippen LogP contribution in [0.15, 0.2) is 18.2 Å². The molecule has 1 heterocycles. The summed E-state index contributed by atoms with van der Waals surface area (Å²) in [5.74, 6) is 0.000432. The topological polar surface area (TPSA) is 32.3 Å². The SMILES string of the molecule is CN(C(=O)c1ccc(Cl)c(Cl)c1)C1CCNCC1. The zero-order valence-corrected chi connectivity index (χ0v) is 11.8. The molecule has 1 N–H and O–H groups in total. The lowest BCUT2D eigenvalue weighted by Crippen LogP contribution is -2.43. The molecule has 1 saturated heterocycles. The summed E-state index contributed by atoms with van der Waals surface area (Å²) in [6.45, 7) is 1.92. The van der Waals surface area contributed by atoms with E-state index in [0.29, 0.717) is 21.7 Å². The van der Waals surface area contributed by atoms with Crippen molar-refractivity contribution < 1.29 is 4.79 Å². The first kappa shape index (κ1) is 13.7. The highest BCUT2D eigenvalue weighted by molar-refractivity contribution is 6.42. The van der Waals surface area contributed by atoms with Crippen molar-refractivity contribution in [2.45, 2.75) is 18.9 Å². The lowest BCUT2D eigenvalue weighted by molar-refractivity contribution is 0.0703. The molecular weight excluding hydrogens is 271 g/mol. The van der Waals surface area contributed by atoms with Gasteiger partial charge in [0, 0.05) is 18.7 Å². The lowest BCUT2D eigenvalue weighted by Gasteiger charge is -2.31. The number of benzene rings is 1. The predicted molar refractivity (Wildman–Crippen MR) is 74.4 cm³/mol. The quantitative estimate of drug-likeness (QED) is 0.907. The third-order valence-electron chi connectivity index (χ3n) is 3.34. The van der Waals surface area contributed by atoms with Crippen molar-refractivity contribution in [3.63, 3.8) is 0 Å². The Hall–Kier alpha value is -0.770. The maximum atomic E-state index is 12.3. The van der Waals surface area contributed by atoms with E-state index in [-0.39, 0.29) is 5.91 Å². The average Bonchev–Trinajstić information content (AvgIpc) is 2.41. The van der Waals surface area contributed by atoms with E-state index in [1.54, 1.807) is 23.1 Å². The molecule has 3 nitrogen and oxygen atoms in total. The van der Waals surface area contributed by atoms with Crippen molar-refractivity contribution in [2.75, 3.05) is 20.1 Å². The molecule has 18 heavy (non-hydrogen) atoms. The zero-order chi connectivity index (χ0) is 13.1. The van der Waals surface area contributed by atoms with Gasteiger partial charge in [0.05, 0.1) is 10.0 Å². The molecule has 0 atom stereocenters. The summed E-state index contributed by atoms with van der Waals surface area (Å²) < 4.78 is 0. The molecule has 0 unspecified atom stereocenters. The summed E-state index contributed by atoms with van der Waals surface area (Å²) in [5.41, 5.74) is 0.588. The molecule has 1 amide bonds. The Balaban J connectivity index is 2.11. The minimum Gasteiger partial charge on any atom is -0.339 e. The van der Waals surface area contributed by atoms with Gasteiger partial charge in [0.15, 0.2) is 0 Å². The summed E-state index contributed by atoms with van der Waals surface area (Å²) in [7, 11) is 1.85. The zero-order valence-electron chi connectivity index (χ0n) is 10.2. The van der Waals surface area contributed by atoms with Gasteiger partial charge >= 0.3 is 0 Å². The Bertz CT molecular complexity index is 445. The molecule has 0 radical (unpaired) electrons. The molecule has 0 bridgehead atoms. The smallest absolute Gasteiger partial charge is 0.253 e. The standard InChI is InChI=1S/C13H16Cl2N2O/c1-17(10-4-6-16-7-5-10)13(18)9-2-3-11(14)12(15)8-9/h2-3,8,10,16H,4-7H2,1H3. The number of carbonyl (C=O) groups is 1. The van der Waals surface area contributed by atoms with Gasteiger partial charge in [-0.25, -0.2) is 0 Å². The first-order valence-electron chi connectivity index (χ1n) is 6.02. The molecule has 5 heteroatoms. The summed E-state index contributed by atoms with van der Waals surface area (Å²) in [6, 6.07) is 5.30. The van der Waals surface area contributed by atoms with Gasteiger partial charge in [0.2, 0.25) is 0 Å². The highest BCUT2D eigenvalue weighted by Gasteiger charge is 2.23. The normalized spacial score (nSPS) is 16.6. The van der Waals surface area contributed by atoms with Crippen molar-refractivity contribution in [1.82, 2.24) is 10.2 Å². The van der Waals surface area contributed by atoms with Gasteiger partial charge in [-0.05, 0) is 44.1 Å². The van der Waals surface area contributed by atoms with Gasteiger partial charge in [-0.1, -0.05) is 23.2 Å². The molecule has 2 rings (SSSR count). The van der Waals surface area contributed by atoms with Crippen molar-refractivity contribution >= 4 is 29.1 Å². The minimum absolute atomic E-state index is 0.000432. The van der Waals surface area contributed by atoms with Crippen LogP contribution in [0.3, 0.4) is 0 Å². The van der Waals surface area contributed by atoms with Gasteiger partial charge in [-0.2, -0.15) is 0 Å². The van der Waals surface area contributed by atoms with E-state index in [0.717, 1.165) is 25.9 Å². The van der Waals surface area contributed by atoms with Crippen LogP contribution in [0.1, 0.15) is 23.2 Å². The first-order valence-corrected chi connectivity index (χ1v) is 6.78. The highest BCUT2D eigenvalue weighted by atomic mass is 35.5. The maximum absolute atomic E-state index is 12.3. The van der Waals surface area contributed by atoms with Crippen LogP contribution in [0.5, 0.6) is 0 Å². The van der Waals surface area contributed by atoms with Gasteiger partial charge in [0.25, 0.3) is 5.91 Å². The molecule has 1 fully saturated rings. The fourth-order valence-electron chi connectivity index (χ4n) is 2.19. The Labute approximate surface area is 117 Å². The number of piperidine rings is 1. The summed E-state index contributed by atoms with van der Waals surface area (Å²) in [6.07, 6.45) is 1.98. The molecule has 0 aromatic heterocycles. The van der Waals surface area contributed by atoms with Crippen molar-refractivity contribution in [3.05, 3.63) is 33.8 Å². The van der Waals surface area contributed by atoms with Crippen LogP contribution < -0.4 is 5.32 Å². The summed E-state index contributed by atoms with van der Waals surface area (Å²) >= 11 is 11.8. The van der Waals surface area contributed by atoms with E-state index in [1.807, 2.05) is 7.05 Å². The van der Waals surface area contributed by atoms with Crippen molar-refractivity contribution in [2.24, 2.45) is 0 Å². The van der Waals surface area contributed by atoms with Crippen LogP contribution in [0.2, 0.25) is 10.0 Å². The van der Waals surface area contributed by atoms with Gasteiger partial charge in [0.1, 0.15) is 0 Å². The van der Waals surface area contributed by atoms with Gasteiger partial charge in [-0.15, -0.1) is 0 Å². The predicted octanol–water partition coefficient (Wildman–Crippen LogP) is 2.82. The monoisotopic (exact) mass is 286 g/mol. The van der Waals surface area contributed by atoms with Crippen LogP contribution in [0.25, 0.3) is 0 Å². The molecule has 0 aliphatic carbocycles. The number of hydrogen-bond acceptors (Lipinski definition) is 2. The largest absolute Gasteiger partial charge is 0.339 e. The summed E-state index contributed by atoms with van der Waals surface area (Å²) in [4.78, 5) is 14.1. The van der Waals surface area contributed by atoms with Crippen LogP contribution >= 0.6 is 23.2 Å². The number of halogens is 2. The molecule has 98 valence electrons. The number of nitrogens with one attached hydrogen (secondary N) is 1. The van der Waals surface area contributed by atoms with E-state index >= 15 is 0 Å². The van der Waals surface area contributed by atoms with Crippen LogP contribution in [-0.2, 0) is 0 Å². The molecule has 0 spiro atoms. The number of carbonyl (C=O) groups excluding carboxylic acids is 1. The van der Waals surface area contributed by atoms with Crippen molar-refractivity contribution in [1.29, 1.82) is 0 Å². The van der Waals surface area contributed by atoms with Crippen molar-refractivity contribution in [3.8, 4) is 0 Å². The van der Waals surface area contributed by atoms with Crippen LogP contribution in [0, 0.1) is 0 Å². The molecular formula is C13H16Cl2N2O. The second-order valence-corrected chi connectivity index (χ2v) is 5.34. The fourth-order valence-corrected chi connectivity index (χ4v) is 2.49. The molecule has 1 aliphatic rings. The number of rotatable bonds is 2. The Morgan fingerprint density at radius 3 is 2.56 bits per heavy atom. The van der Waals surface area contributed by atoms with Gasteiger partial charge < -0.3 is 10.2 Å². The highest BCUT2D eigenvalue weighted by Crippen LogP contribution is 2.24. The fraction of sp³-hybridized carbons (Fsp3) is 0.462. The lowest BCUT2D eigenvalue weighted by atomic mass is 10.0. The van der Waals surface area contributed by atoms with Gasteiger partial charge in [-0.3, -0.25) is 4.79 Å². The van der Waals surface area contributed by atoms with E-state index in [1.165, 1.54) is 0 Å². The molecule has 0 saturated carbocycles. The number of nitrogens with zero attached hydrogens (tertiary/aromatic N) is 1. The third-order valence-corrected chi connectivity index (χ3v) is 4.08. The Morgan fingerprint density at radius 1 is 1.28 bits per heavy atom.